The molecule has 1 saturated carbocycles. The maximum atomic E-state index is 11.6. The minimum atomic E-state index is -2.75. The lowest BCUT2D eigenvalue weighted by Crippen LogP contribution is -2.30. The molecule has 1 saturated heterocycles. The molecule has 0 spiro atoms. The zero-order valence-corrected chi connectivity index (χ0v) is 10.9. The summed E-state index contributed by atoms with van der Waals surface area (Å²) in [6.45, 7) is 2.19. The largest absolute Gasteiger partial charge is 0.325 e. The van der Waals surface area contributed by atoms with E-state index in [1.165, 1.54) is 0 Å². The van der Waals surface area contributed by atoms with Crippen molar-refractivity contribution in [2.24, 2.45) is 17.6 Å². The third-order valence-electron chi connectivity index (χ3n) is 4.29. The van der Waals surface area contributed by atoms with Crippen LogP contribution in [0.1, 0.15) is 45.4 Å². The van der Waals surface area contributed by atoms with Gasteiger partial charge in [0.25, 0.3) is 0 Å². The molecule has 2 fully saturated rings. The Morgan fingerprint density at radius 2 is 2.12 bits per heavy atom. The summed E-state index contributed by atoms with van der Waals surface area (Å²) < 4.78 is 23.1. The van der Waals surface area contributed by atoms with Crippen molar-refractivity contribution in [2.45, 2.75) is 51.0 Å². The molecule has 0 radical (unpaired) electrons. The Morgan fingerprint density at radius 3 is 2.69 bits per heavy atom. The molecule has 2 unspecified atom stereocenters. The van der Waals surface area contributed by atoms with E-state index >= 15 is 0 Å². The molecule has 0 aromatic carbocycles. The van der Waals surface area contributed by atoms with Crippen molar-refractivity contribution in [3.05, 3.63) is 0 Å². The third kappa shape index (κ3) is 3.20. The highest BCUT2D eigenvalue weighted by Crippen LogP contribution is 2.39. The summed E-state index contributed by atoms with van der Waals surface area (Å²) in [5, 5.41) is 0. The van der Waals surface area contributed by atoms with Crippen LogP contribution in [0, 0.1) is 11.8 Å². The molecule has 2 aliphatic rings. The topological polar surface area (TPSA) is 60.2 Å². The second kappa shape index (κ2) is 4.30. The number of hydrogen-bond acceptors (Lipinski definition) is 3. The van der Waals surface area contributed by atoms with Gasteiger partial charge in [0.2, 0.25) is 0 Å². The van der Waals surface area contributed by atoms with Crippen molar-refractivity contribution >= 4 is 9.84 Å². The van der Waals surface area contributed by atoms with Crippen molar-refractivity contribution < 1.29 is 8.42 Å². The molecule has 1 heterocycles. The molecule has 2 N–H and O–H groups in total. The lowest BCUT2D eigenvalue weighted by Gasteiger charge is -2.28. The van der Waals surface area contributed by atoms with E-state index in [2.05, 4.69) is 6.92 Å². The van der Waals surface area contributed by atoms with Gasteiger partial charge in [0.05, 0.1) is 11.5 Å². The Labute approximate surface area is 98.7 Å². The quantitative estimate of drug-likeness (QED) is 0.820. The van der Waals surface area contributed by atoms with E-state index in [0.717, 1.165) is 38.5 Å². The molecular weight excluding hydrogens is 222 g/mol. The van der Waals surface area contributed by atoms with Crippen LogP contribution in [-0.2, 0) is 9.84 Å². The van der Waals surface area contributed by atoms with Crippen LogP contribution in [0.2, 0.25) is 0 Å². The molecule has 94 valence electrons. The highest BCUT2D eigenvalue weighted by Gasteiger charge is 2.38. The molecule has 4 heteroatoms. The maximum Gasteiger partial charge on any atom is 0.150 e. The summed E-state index contributed by atoms with van der Waals surface area (Å²) in [6, 6.07) is 0. The zero-order chi connectivity index (χ0) is 11.8. The summed E-state index contributed by atoms with van der Waals surface area (Å²) in [4.78, 5) is 0. The van der Waals surface area contributed by atoms with Gasteiger partial charge in [-0.2, -0.15) is 0 Å². The van der Waals surface area contributed by atoms with Crippen molar-refractivity contribution in [3.8, 4) is 0 Å². The molecule has 3 nitrogen and oxygen atoms in total. The van der Waals surface area contributed by atoms with Gasteiger partial charge < -0.3 is 5.73 Å². The van der Waals surface area contributed by atoms with E-state index in [1.807, 2.05) is 0 Å². The van der Waals surface area contributed by atoms with Gasteiger partial charge in [-0.25, -0.2) is 8.42 Å². The van der Waals surface area contributed by atoms with Crippen LogP contribution >= 0.6 is 0 Å². The van der Waals surface area contributed by atoms with E-state index in [1.54, 1.807) is 0 Å². The van der Waals surface area contributed by atoms with Gasteiger partial charge in [-0.3, -0.25) is 0 Å². The summed E-state index contributed by atoms with van der Waals surface area (Å²) in [5.74, 6) is 1.69. The average Bonchev–Trinajstić information content (AvgIpc) is 2.92. The van der Waals surface area contributed by atoms with Crippen LogP contribution in [0.5, 0.6) is 0 Å². The first kappa shape index (κ1) is 12.4. The summed E-state index contributed by atoms with van der Waals surface area (Å²) >= 11 is 0. The fourth-order valence-corrected chi connectivity index (χ4v) is 4.59. The van der Waals surface area contributed by atoms with E-state index in [9.17, 15) is 8.42 Å². The molecule has 0 aromatic rings. The van der Waals surface area contributed by atoms with Gasteiger partial charge in [-0.1, -0.05) is 6.92 Å². The Morgan fingerprint density at radius 1 is 1.44 bits per heavy atom. The maximum absolute atomic E-state index is 11.6. The first-order valence-corrected chi connectivity index (χ1v) is 8.22. The Hall–Kier alpha value is -0.0900. The molecule has 1 aliphatic carbocycles. The molecule has 16 heavy (non-hydrogen) atoms. The molecule has 1 aliphatic heterocycles. The second-order valence-electron chi connectivity index (χ2n) is 5.90. The first-order valence-electron chi connectivity index (χ1n) is 6.40. The van der Waals surface area contributed by atoms with Crippen LogP contribution in [0.25, 0.3) is 0 Å². The average molecular weight is 245 g/mol. The highest BCUT2D eigenvalue weighted by atomic mass is 32.2. The first-order chi connectivity index (χ1) is 7.40. The smallest absolute Gasteiger partial charge is 0.150 e. The van der Waals surface area contributed by atoms with Gasteiger partial charge in [0, 0.05) is 5.54 Å². The SMILES string of the molecule is CC(CCC1(N)CC1)C1CCCS(=O)(=O)C1. The molecule has 0 amide bonds. The second-order valence-corrected chi connectivity index (χ2v) is 8.12. The van der Waals surface area contributed by atoms with Crippen molar-refractivity contribution in [1.29, 1.82) is 0 Å². The van der Waals surface area contributed by atoms with Crippen LogP contribution < -0.4 is 5.73 Å². The van der Waals surface area contributed by atoms with E-state index in [4.69, 9.17) is 5.73 Å². The van der Waals surface area contributed by atoms with Gasteiger partial charge in [-0.05, 0) is 50.4 Å². The normalized spacial score (nSPS) is 33.2. The minimum absolute atomic E-state index is 0.113. The Balaban J connectivity index is 1.82. The predicted octanol–water partition coefficient (Wildman–Crippen LogP) is 1.72. The Bertz CT molecular complexity index is 346. The highest BCUT2D eigenvalue weighted by molar-refractivity contribution is 7.91. The number of rotatable bonds is 4. The third-order valence-corrected chi connectivity index (χ3v) is 6.14. The predicted molar refractivity (Wildman–Crippen MR) is 65.9 cm³/mol. The Kier molecular flexibility index (Phi) is 3.32. The molecule has 2 rings (SSSR count). The van der Waals surface area contributed by atoms with Crippen LogP contribution in [0.4, 0.5) is 0 Å². The fourth-order valence-electron chi connectivity index (χ4n) is 2.67. The van der Waals surface area contributed by atoms with Gasteiger partial charge in [0.15, 0.2) is 9.84 Å². The van der Waals surface area contributed by atoms with Gasteiger partial charge in [0.1, 0.15) is 0 Å². The van der Waals surface area contributed by atoms with Crippen LogP contribution in [-0.4, -0.2) is 25.5 Å². The van der Waals surface area contributed by atoms with Crippen molar-refractivity contribution in [1.82, 2.24) is 0 Å². The summed E-state index contributed by atoms with van der Waals surface area (Å²) in [6.07, 6.45) is 6.41. The lowest BCUT2D eigenvalue weighted by atomic mass is 9.86. The molecule has 0 bridgehead atoms. The standard InChI is InChI=1S/C12H23NO2S/c1-10(4-5-12(13)6-7-12)11-3-2-8-16(14,15)9-11/h10-11H,2-9,13H2,1H3. The lowest BCUT2D eigenvalue weighted by molar-refractivity contribution is 0.316. The number of nitrogens with two attached hydrogens (primary N) is 1. The van der Waals surface area contributed by atoms with Gasteiger partial charge >= 0.3 is 0 Å². The van der Waals surface area contributed by atoms with Gasteiger partial charge in [-0.15, -0.1) is 0 Å². The number of hydrogen-bond donors (Lipinski definition) is 1. The fraction of sp³-hybridized carbons (Fsp3) is 1.00. The van der Waals surface area contributed by atoms with Crippen LogP contribution in [0.15, 0.2) is 0 Å². The summed E-state index contributed by atoms with van der Waals surface area (Å²) in [5.41, 5.74) is 6.17. The van der Waals surface area contributed by atoms with E-state index < -0.39 is 9.84 Å². The minimum Gasteiger partial charge on any atom is -0.325 e. The molecule has 0 aromatic heterocycles. The molecular formula is C12H23NO2S. The summed E-state index contributed by atoms with van der Waals surface area (Å²) in [7, 11) is -2.75. The van der Waals surface area contributed by atoms with E-state index in [-0.39, 0.29) is 5.54 Å². The van der Waals surface area contributed by atoms with E-state index in [0.29, 0.717) is 23.3 Å². The zero-order valence-electron chi connectivity index (χ0n) is 10.1. The van der Waals surface area contributed by atoms with Crippen molar-refractivity contribution in [3.63, 3.8) is 0 Å². The van der Waals surface area contributed by atoms with Crippen LogP contribution in [0.3, 0.4) is 0 Å². The van der Waals surface area contributed by atoms with Crippen molar-refractivity contribution in [2.75, 3.05) is 11.5 Å². The molecule has 2 atom stereocenters. The number of sulfone groups is 1. The monoisotopic (exact) mass is 245 g/mol.